The topological polar surface area (TPSA) is 63.2 Å². The molecule has 6 nitrogen and oxygen atoms in total. The molecule has 0 aliphatic rings. The molecule has 0 saturated heterocycles. The zero-order valence-corrected chi connectivity index (χ0v) is 18.1. The van der Waals surface area contributed by atoms with Crippen LogP contribution in [0.4, 0.5) is 0 Å². The van der Waals surface area contributed by atoms with Crippen molar-refractivity contribution in [1.29, 1.82) is 0 Å². The molecular weight excluding hydrogens is 348 g/mol. The Morgan fingerprint density at radius 3 is 2.00 bits per heavy atom. The van der Waals surface area contributed by atoms with Gasteiger partial charge in [-0.25, -0.2) is 0 Å². The Morgan fingerprint density at radius 2 is 1.44 bits per heavy atom. The van der Waals surface area contributed by atoms with E-state index in [1.54, 1.807) is 7.11 Å². The van der Waals surface area contributed by atoms with Crippen LogP contribution >= 0.6 is 0 Å². The number of unbranched alkanes of at least 4 members (excludes halogenated alkanes) is 3. The van der Waals surface area contributed by atoms with E-state index < -0.39 is 6.29 Å². The number of ether oxygens (including phenoxy) is 5. The summed E-state index contributed by atoms with van der Waals surface area (Å²) < 4.78 is 29.2. The molecule has 0 N–H and O–H groups in total. The average molecular weight is 391 g/mol. The highest BCUT2D eigenvalue weighted by Gasteiger charge is 2.29. The molecule has 0 saturated carbocycles. The Balaban J connectivity index is 4.90. The SMILES string of the molecule is CCCCOCC(O[C@@H](OC)[C@H](C)OCCCC)[C@@H](CC=O)OCCCC. The van der Waals surface area contributed by atoms with E-state index in [0.717, 1.165) is 44.8 Å². The fourth-order valence-electron chi connectivity index (χ4n) is 2.50. The summed E-state index contributed by atoms with van der Waals surface area (Å²) in [6, 6.07) is 0. The first-order valence-corrected chi connectivity index (χ1v) is 10.6. The van der Waals surface area contributed by atoms with Crippen molar-refractivity contribution in [1.82, 2.24) is 0 Å². The zero-order chi connectivity index (χ0) is 20.3. The number of rotatable bonds is 20. The van der Waals surface area contributed by atoms with Crippen LogP contribution in [0.15, 0.2) is 0 Å². The molecule has 0 heterocycles. The minimum atomic E-state index is -0.537. The zero-order valence-electron chi connectivity index (χ0n) is 18.1. The third-order valence-electron chi connectivity index (χ3n) is 4.30. The van der Waals surface area contributed by atoms with Crippen LogP contribution in [0.25, 0.3) is 0 Å². The maximum atomic E-state index is 11.2. The van der Waals surface area contributed by atoms with Gasteiger partial charge in [-0.2, -0.15) is 0 Å². The summed E-state index contributed by atoms with van der Waals surface area (Å²) in [7, 11) is 1.60. The van der Waals surface area contributed by atoms with Crippen molar-refractivity contribution in [2.45, 2.75) is 97.2 Å². The maximum Gasteiger partial charge on any atom is 0.183 e. The van der Waals surface area contributed by atoms with Crippen LogP contribution in [0.5, 0.6) is 0 Å². The summed E-state index contributed by atoms with van der Waals surface area (Å²) >= 11 is 0. The van der Waals surface area contributed by atoms with Crippen molar-refractivity contribution < 1.29 is 28.5 Å². The highest BCUT2D eigenvalue weighted by atomic mass is 16.7. The lowest BCUT2D eigenvalue weighted by Gasteiger charge is -2.32. The van der Waals surface area contributed by atoms with Gasteiger partial charge in [0, 0.05) is 33.4 Å². The lowest BCUT2D eigenvalue weighted by Crippen LogP contribution is -2.43. The van der Waals surface area contributed by atoms with Gasteiger partial charge in [0.15, 0.2) is 6.29 Å². The monoisotopic (exact) mass is 390 g/mol. The highest BCUT2D eigenvalue weighted by Crippen LogP contribution is 2.16. The second-order valence-corrected chi connectivity index (χ2v) is 6.80. The number of carbonyl (C=O) groups is 1. The molecule has 6 heteroatoms. The molecule has 0 fully saturated rings. The molecule has 0 radical (unpaired) electrons. The second kappa shape index (κ2) is 18.8. The van der Waals surface area contributed by atoms with E-state index in [0.29, 0.717) is 26.4 Å². The van der Waals surface area contributed by atoms with E-state index in [9.17, 15) is 4.79 Å². The van der Waals surface area contributed by atoms with Gasteiger partial charge in [-0.3, -0.25) is 0 Å². The summed E-state index contributed by atoms with van der Waals surface area (Å²) in [4.78, 5) is 11.2. The number of hydrogen-bond donors (Lipinski definition) is 0. The second-order valence-electron chi connectivity index (χ2n) is 6.80. The number of methoxy groups -OCH3 is 1. The minimum absolute atomic E-state index is 0.216. The molecule has 0 spiro atoms. The maximum absolute atomic E-state index is 11.2. The molecule has 0 rings (SSSR count). The third-order valence-corrected chi connectivity index (χ3v) is 4.30. The van der Waals surface area contributed by atoms with Gasteiger partial charge in [-0.1, -0.05) is 40.0 Å². The predicted molar refractivity (Wildman–Crippen MR) is 107 cm³/mol. The Morgan fingerprint density at radius 1 is 0.852 bits per heavy atom. The molecule has 0 aromatic carbocycles. The molecule has 27 heavy (non-hydrogen) atoms. The van der Waals surface area contributed by atoms with Crippen LogP contribution in [0, 0.1) is 0 Å². The van der Waals surface area contributed by atoms with Gasteiger partial charge in [-0.15, -0.1) is 0 Å². The molecule has 0 aromatic heterocycles. The van der Waals surface area contributed by atoms with Crippen LogP contribution < -0.4 is 0 Å². The number of hydrogen-bond acceptors (Lipinski definition) is 6. The smallest absolute Gasteiger partial charge is 0.183 e. The summed E-state index contributed by atoms with van der Waals surface area (Å²) in [5, 5.41) is 0. The summed E-state index contributed by atoms with van der Waals surface area (Å²) in [6.45, 7) is 10.6. The van der Waals surface area contributed by atoms with E-state index >= 15 is 0 Å². The van der Waals surface area contributed by atoms with E-state index in [2.05, 4.69) is 20.8 Å². The van der Waals surface area contributed by atoms with Crippen LogP contribution in [-0.4, -0.2) is 64.4 Å². The first kappa shape index (κ1) is 26.5. The van der Waals surface area contributed by atoms with E-state index in [4.69, 9.17) is 23.7 Å². The molecule has 0 amide bonds. The van der Waals surface area contributed by atoms with Crippen molar-refractivity contribution in [3.63, 3.8) is 0 Å². The lowest BCUT2D eigenvalue weighted by molar-refractivity contribution is -0.239. The van der Waals surface area contributed by atoms with Crippen molar-refractivity contribution in [3.05, 3.63) is 0 Å². The predicted octanol–water partition coefficient (Wildman–Crippen LogP) is 4.14. The fourth-order valence-corrected chi connectivity index (χ4v) is 2.50. The summed E-state index contributed by atoms with van der Waals surface area (Å²) in [5.74, 6) is 0. The molecule has 162 valence electrons. The fraction of sp³-hybridized carbons (Fsp3) is 0.952. The molecular formula is C21H42O6. The standard InChI is InChI=1S/C21H42O6/c1-6-9-14-24-17-20(19(12-13-22)26-16-11-8-3)27-21(23-5)18(4)25-15-10-7-2/h13,18-21H,6-12,14-17H2,1-5H3/t18-,19+,20?,21+/m0/s1. The van der Waals surface area contributed by atoms with E-state index in [1.165, 1.54) is 0 Å². The van der Waals surface area contributed by atoms with E-state index in [-0.39, 0.29) is 24.7 Å². The molecule has 0 aliphatic carbocycles. The Hall–Kier alpha value is -0.530. The van der Waals surface area contributed by atoms with Crippen molar-refractivity contribution in [2.75, 3.05) is 33.5 Å². The minimum Gasteiger partial charge on any atom is -0.379 e. The van der Waals surface area contributed by atoms with Gasteiger partial charge in [-0.05, 0) is 26.2 Å². The highest BCUT2D eigenvalue weighted by molar-refractivity contribution is 5.50. The van der Waals surface area contributed by atoms with Gasteiger partial charge in [0.2, 0.25) is 0 Å². The van der Waals surface area contributed by atoms with Crippen LogP contribution in [0.2, 0.25) is 0 Å². The molecule has 1 unspecified atom stereocenters. The van der Waals surface area contributed by atoms with Crippen molar-refractivity contribution in [2.24, 2.45) is 0 Å². The first-order valence-electron chi connectivity index (χ1n) is 10.6. The van der Waals surface area contributed by atoms with Crippen LogP contribution in [0.3, 0.4) is 0 Å². The molecule has 0 aliphatic heterocycles. The largest absolute Gasteiger partial charge is 0.379 e. The Bertz CT molecular complexity index is 326. The van der Waals surface area contributed by atoms with Gasteiger partial charge in [0.25, 0.3) is 0 Å². The third kappa shape index (κ3) is 13.3. The first-order chi connectivity index (χ1) is 13.1. The van der Waals surface area contributed by atoms with Crippen molar-refractivity contribution >= 4 is 6.29 Å². The normalized spacial score (nSPS) is 16.0. The molecule has 4 atom stereocenters. The van der Waals surface area contributed by atoms with Gasteiger partial charge in [0.1, 0.15) is 18.5 Å². The Kier molecular flexibility index (Phi) is 18.4. The summed E-state index contributed by atoms with van der Waals surface area (Å²) in [6.07, 6.45) is 5.78. The van der Waals surface area contributed by atoms with Crippen LogP contribution in [-0.2, 0) is 28.5 Å². The Labute approximate surface area is 166 Å². The van der Waals surface area contributed by atoms with Gasteiger partial charge < -0.3 is 28.5 Å². The average Bonchev–Trinajstić information content (AvgIpc) is 2.67. The number of carbonyl (C=O) groups excluding carboxylic acids is 1. The van der Waals surface area contributed by atoms with E-state index in [1.807, 2.05) is 6.92 Å². The molecule has 0 bridgehead atoms. The summed E-state index contributed by atoms with van der Waals surface area (Å²) in [5.41, 5.74) is 0. The quantitative estimate of drug-likeness (QED) is 0.177. The van der Waals surface area contributed by atoms with Crippen LogP contribution in [0.1, 0.15) is 72.6 Å². The lowest BCUT2D eigenvalue weighted by atomic mass is 10.1. The molecule has 0 aromatic rings. The van der Waals surface area contributed by atoms with Gasteiger partial charge in [0.05, 0.1) is 12.7 Å². The van der Waals surface area contributed by atoms with Crippen molar-refractivity contribution in [3.8, 4) is 0 Å². The van der Waals surface area contributed by atoms with Gasteiger partial charge >= 0.3 is 0 Å². The number of aldehydes is 1.